The molecule has 0 aromatic heterocycles. The molecule has 0 spiro atoms. The van der Waals surface area contributed by atoms with Crippen LogP contribution in [0.3, 0.4) is 0 Å². The smallest absolute Gasteiger partial charge is 0.266 e. The standard InChI is InChI=1S/C34H63N5O13S/c1-6-16-39(32(44)11-10-29(41)36-15-25-53(46,47)48)17-12-31(43)38-33(26(2)3)34(45)37-28(27(4)40)9-7-8-14-35-30(42)13-18-50-21-22-52-24-23-51-20-19-49-5/h26,28,33H,6-25H2,1-5H3,(H,35,42)(H,36,41)(H,37,45)(H,38,43)(H,46,47,48)/t28-,33-/m0/s1. The molecule has 5 amide bonds. The molecule has 0 aliphatic rings. The van der Waals surface area contributed by atoms with Crippen LogP contribution in [0.25, 0.3) is 0 Å². The lowest BCUT2D eigenvalue weighted by atomic mass is 10.0. The first kappa shape index (κ1) is 49.8. The topological polar surface area (TPSA) is 245 Å². The van der Waals surface area contributed by atoms with Crippen LogP contribution < -0.4 is 21.3 Å². The SMILES string of the molecule is CCCN(CCC(=O)N[C@H](C(=O)N[C@@H](CCCCNC(=O)CCOCCOCCOCCOC)C(C)=O)C(C)C)C(=O)CCC(=O)NCCS(=O)(=O)O. The Hall–Kier alpha value is -3.23. The Kier molecular flexibility index (Phi) is 28.3. The molecule has 308 valence electrons. The maximum absolute atomic E-state index is 13.2. The van der Waals surface area contributed by atoms with Crippen molar-refractivity contribution in [1.82, 2.24) is 26.2 Å². The summed E-state index contributed by atoms with van der Waals surface area (Å²) in [6.07, 6.45) is 1.84. The fourth-order valence-corrected chi connectivity index (χ4v) is 5.07. The quantitative estimate of drug-likeness (QED) is 0.0435. The maximum Gasteiger partial charge on any atom is 0.266 e. The van der Waals surface area contributed by atoms with Gasteiger partial charge >= 0.3 is 0 Å². The number of amides is 5. The van der Waals surface area contributed by atoms with E-state index in [0.717, 1.165) is 0 Å². The number of hydrogen-bond donors (Lipinski definition) is 5. The minimum Gasteiger partial charge on any atom is -0.382 e. The van der Waals surface area contributed by atoms with Crippen LogP contribution in [-0.2, 0) is 57.8 Å². The van der Waals surface area contributed by atoms with Crippen LogP contribution in [0.4, 0.5) is 0 Å². The van der Waals surface area contributed by atoms with Crippen molar-refractivity contribution in [2.45, 2.75) is 91.1 Å². The average molecular weight is 782 g/mol. The van der Waals surface area contributed by atoms with Crippen LogP contribution in [0.2, 0.25) is 0 Å². The molecular weight excluding hydrogens is 718 g/mol. The van der Waals surface area contributed by atoms with Crippen molar-refractivity contribution in [2.24, 2.45) is 5.92 Å². The van der Waals surface area contributed by atoms with Gasteiger partial charge in [-0.15, -0.1) is 0 Å². The van der Waals surface area contributed by atoms with Gasteiger partial charge in [0.2, 0.25) is 29.5 Å². The van der Waals surface area contributed by atoms with E-state index >= 15 is 0 Å². The highest BCUT2D eigenvalue weighted by molar-refractivity contribution is 7.85. The van der Waals surface area contributed by atoms with E-state index in [-0.39, 0.29) is 68.9 Å². The van der Waals surface area contributed by atoms with Crippen molar-refractivity contribution >= 4 is 45.4 Å². The highest BCUT2D eigenvalue weighted by Crippen LogP contribution is 2.08. The Labute approximate surface area is 314 Å². The number of nitrogens with one attached hydrogen (secondary N) is 4. The number of Topliss-reactive ketones (excluding diaryl/α,β-unsaturated/α-hetero) is 1. The zero-order valence-corrected chi connectivity index (χ0v) is 32.9. The van der Waals surface area contributed by atoms with E-state index in [1.807, 2.05) is 6.92 Å². The predicted octanol–water partition coefficient (Wildman–Crippen LogP) is -0.0133. The van der Waals surface area contributed by atoms with Crippen molar-refractivity contribution in [1.29, 1.82) is 0 Å². The molecule has 0 heterocycles. The highest BCUT2D eigenvalue weighted by Gasteiger charge is 2.28. The number of unbranched alkanes of at least 4 members (excludes halogenated alkanes) is 1. The first-order chi connectivity index (χ1) is 25.1. The van der Waals surface area contributed by atoms with E-state index < -0.39 is 45.7 Å². The fraction of sp³-hybridized carbons (Fsp3) is 0.824. The Balaban J connectivity index is 4.56. The van der Waals surface area contributed by atoms with Crippen LogP contribution in [0, 0.1) is 5.92 Å². The molecule has 0 aliphatic carbocycles. The summed E-state index contributed by atoms with van der Waals surface area (Å²) in [4.78, 5) is 76.6. The molecule has 2 atom stereocenters. The van der Waals surface area contributed by atoms with E-state index in [9.17, 15) is 37.2 Å². The molecule has 0 aromatic carbocycles. The zero-order chi connectivity index (χ0) is 40.1. The van der Waals surface area contributed by atoms with Crippen molar-refractivity contribution < 1.29 is 60.7 Å². The number of hydrogen-bond acceptors (Lipinski definition) is 12. The van der Waals surface area contributed by atoms with E-state index in [1.54, 1.807) is 21.0 Å². The van der Waals surface area contributed by atoms with Crippen LogP contribution in [-0.4, -0.2) is 151 Å². The van der Waals surface area contributed by atoms with Gasteiger partial charge in [0, 0.05) is 59.0 Å². The third kappa shape index (κ3) is 28.0. The van der Waals surface area contributed by atoms with E-state index in [1.165, 1.54) is 11.8 Å². The van der Waals surface area contributed by atoms with Gasteiger partial charge in [-0.2, -0.15) is 8.42 Å². The lowest BCUT2D eigenvalue weighted by Crippen LogP contribution is -2.53. The summed E-state index contributed by atoms with van der Waals surface area (Å²) in [7, 11) is -2.62. The predicted molar refractivity (Wildman–Crippen MR) is 195 cm³/mol. The molecule has 0 aliphatic heterocycles. The van der Waals surface area contributed by atoms with Crippen molar-refractivity contribution in [3.05, 3.63) is 0 Å². The third-order valence-electron chi connectivity index (χ3n) is 7.67. The number of carbonyl (C=O) groups is 6. The number of ether oxygens (including phenoxy) is 4. The van der Waals surface area contributed by atoms with Gasteiger partial charge in [0.25, 0.3) is 10.1 Å². The molecule has 5 N–H and O–H groups in total. The van der Waals surface area contributed by atoms with Crippen LogP contribution in [0.1, 0.15) is 79.1 Å². The zero-order valence-electron chi connectivity index (χ0n) is 32.1. The highest BCUT2D eigenvalue weighted by atomic mass is 32.2. The Bertz CT molecular complexity index is 1200. The molecule has 18 nitrogen and oxygen atoms in total. The Morgan fingerprint density at radius 2 is 1.30 bits per heavy atom. The summed E-state index contributed by atoms with van der Waals surface area (Å²) >= 11 is 0. The van der Waals surface area contributed by atoms with Crippen LogP contribution in [0.5, 0.6) is 0 Å². The summed E-state index contributed by atoms with van der Waals surface area (Å²) in [5, 5.41) is 10.6. The molecule has 0 fully saturated rings. The Morgan fingerprint density at radius 1 is 0.717 bits per heavy atom. The number of methoxy groups -OCH3 is 1. The molecule has 0 saturated carbocycles. The molecule has 0 radical (unpaired) electrons. The number of rotatable bonds is 33. The number of nitrogens with zero attached hydrogens (tertiary/aromatic N) is 1. The van der Waals surface area contributed by atoms with E-state index in [2.05, 4.69) is 21.3 Å². The Morgan fingerprint density at radius 3 is 1.87 bits per heavy atom. The second-order valence-corrected chi connectivity index (χ2v) is 14.2. The van der Waals surface area contributed by atoms with Gasteiger partial charge in [-0.25, -0.2) is 0 Å². The molecule has 0 rings (SSSR count). The van der Waals surface area contributed by atoms with Gasteiger partial charge in [0.05, 0.1) is 58.0 Å². The summed E-state index contributed by atoms with van der Waals surface area (Å²) in [6, 6.07) is -1.70. The lowest BCUT2D eigenvalue weighted by Gasteiger charge is -2.26. The second-order valence-electron chi connectivity index (χ2n) is 12.7. The molecule has 0 saturated heterocycles. The fourth-order valence-electron chi connectivity index (χ4n) is 4.71. The minimum absolute atomic E-state index is 0.0520. The molecular formula is C34H63N5O13S. The lowest BCUT2D eigenvalue weighted by molar-refractivity contribution is -0.135. The molecule has 0 bridgehead atoms. The van der Waals surface area contributed by atoms with E-state index in [0.29, 0.717) is 78.4 Å². The summed E-state index contributed by atoms with van der Waals surface area (Å²) in [6.45, 7) is 10.2. The van der Waals surface area contributed by atoms with E-state index in [4.69, 9.17) is 23.5 Å². The largest absolute Gasteiger partial charge is 0.382 e. The van der Waals surface area contributed by atoms with Crippen molar-refractivity contribution in [3.63, 3.8) is 0 Å². The average Bonchev–Trinajstić information content (AvgIpc) is 3.08. The summed E-state index contributed by atoms with van der Waals surface area (Å²) in [5.41, 5.74) is 0. The normalized spacial score (nSPS) is 12.5. The molecule has 0 unspecified atom stereocenters. The maximum atomic E-state index is 13.2. The van der Waals surface area contributed by atoms with Crippen molar-refractivity contribution in [2.75, 3.05) is 85.3 Å². The molecule has 19 heteroatoms. The van der Waals surface area contributed by atoms with Crippen LogP contribution in [0.15, 0.2) is 0 Å². The van der Waals surface area contributed by atoms with Gasteiger partial charge in [0.15, 0.2) is 5.78 Å². The van der Waals surface area contributed by atoms with Gasteiger partial charge in [-0.3, -0.25) is 33.3 Å². The molecule has 0 aromatic rings. The monoisotopic (exact) mass is 781 g/mol. The number of carbonyl (C=O) groups excluding carboxylic acids is 6. The van der Waals surface area contributed by atoms with Gasteiger partial charge < -0.3 is 45.1 Å². The minimum atomic E-state index is -4.22. The number of ketones is 1. The van der Waals surface area contributed by atoms with Crippen LogP contribution >= 0.6 is 0 Å². The summed E-state index contributed by atoms with van der Waals surface area (Å²) in [5.74, 6) is -3.24. The van der Waals surface area contributed by atoms with Gasteiger partial charge in [-0.05, 0) is 38.5 Å². The second kappa shape index (κ2) is 30.1. The van der Waals surface area contributed by atoms with Crippen molar-refractivity contribution in [3.8, 4) is 0 Å². The third-order valence-corrected chi connectivity index (χ3v) is 8.39. The first-order valence-corrected chi connectivity index (χ1v) is 19.8. The summed E-state index contributed by atoms with van der Waals surface area (Å²) < 4.78 is 51.3. The van der Waals surface area contributed by atoms with Gasteiger partial charge in [0.1, 0.15) is 6.04 Å². The first-order valence-electron chi connectivity index (χ1n) is 18.2. The van der Waals surface area contributed by atoms with Gasteiger partial charge in [-0.1, -0.05) is 20.8 Å². The molecule has 53 heavy (non-hydrogen) atoms.